The Labute approximate surface area is 139 Å². The smallest absolute Gasteiger partial charge is 0.324 e. The number of carbonyl (C=O) groups is 2. The lowest BCUT2D eigenvalue weighted by molar-refractivity contribution is -0.118. The zero-order chi connectivity index (χ0) is 16.2. The highest BCUT2D eigenvalue weighted by Gasteiger charge is 2.38. The number of urea groups is 1. The molecule has 3 rings (SSSR count). The van der Waals surface area contributed by atoms with Crippen LogP contribution in [0.2, 0.25) is 5.02 Å². The molecule has 3 amide bonds. The summed E-state index contributed by atoms with van der Waals surface area (Å²) >= 11 is 5.83. The normalized spacial score (nSPS) is 17.4. The molecule has 1 atom stereocenters. The van der Waals surface area contributed by atoms with Crippen molar-refractivity contribution in [1.29, 1.82) is 0 Å². The Hall–Kier alpha value is -2.37. The molecule has 0 spiro atoms. The van der Waals surface area contributed by atoms with Crippen LogP contribution in [0.15, 0.2) is 54.6 Å². The number of halogens is 1. The molecule has 2 aromatic carbocycles. The average Bonchev–Trinajstić information content (AvgIpc) is 2.84. The summed E-state index contributed by atoms with van der Waals surface area (Å²) < 4.78 is 0. The van der Waals surface area contributed by atoms with Crippen LogP contribution in [0.5, 0.6) is 0 Å². The molecule has 6 heteroatoms. The molecule has 0 bridgehead atoms. The van der Waals surface area contributed by atoms with E-state index in [1.54, 1.807) is 24.3 Å². The number of nitrogens with zero attached hydrogens (tertiary/aromatic N) is 1. The van der Waals surface area contributed by atoms with E-state index < -0.39 is 12.1 Å². The summed E-state index contributed by atoms with van der Waals surface area (Å²) in [4.78, 5) is 25.6. The van der Waals surface area contributed by atoms with Crippen molar-refractivity contribution >= 4 is 29.2 Å². The molecule has 0 radical (unpaired) electrons. The number of anilines is 1. The van der Waals surface area contributed by atoms with E-state index in [1.165, 1.54) is 0 Å². The fourth-order valence-corrected chi connectivity index (χ4v) is 2.59. The zero-order valence-electron chi connectivity index (χ0n) is 12.3. The van der Waals surface area contributed by atoms with E-state index in [4.69, 9.17) is 11.6 Å². The van der Waals surface area contributed by atoms with E-state index in [-0.39, 0.29) is 5.91 Å². The van der Waals surface area contributed by atoms with Crippen molar-refractivity contribution in [3.63, 3.8) is 0 Å². The van der Waals surface area contributed by atoms with E-state index in [0.717, 1.165) is 10.5 Å². The van der Waals surface area contributed by atoms with E-state index >= 15 is 0 Å². The van der Waals surface area contributed by atoms with Gasteiger partial charge in [-0.3, -0.25) is 4.79 Å². The maximum Gasteiger partial charge on any atom is 0.329 e. The molecule has 0 saturated carbocycles. The van der Waals surface area contributed by atoms with Gasteiger partial charge in [-0.25, -0.2) is 9.69 Å². The van der Waals surface area contributed by atoms with Crippen molar-refractivity contribution in [2.45, 2.75) is 12.6 Å². The van der Waals surface area contributed by atoms with Crippen molar-refractivity contribution in [3.05, 3.63) is 65.2 Å². The Morgan fingerprint density at radius 1 is 1.04 bits per heavy atom. The number of benzene rings is 2. The van der Waals surface area contributed by atoms with Gasteiger partial charge in [-0.05, 0) is 29.8 Å². The molecule has 1 aliphatic heterocycles. The quantitative estimate of drug-likeness (QED) is 0.829. The van der Waals surface area contributed by atoms with Gasteiger partial charge in [0.05, 0.1) is 5.69 Å². The topological polar surface area (TPSA) is 61.4 Å². The van der Waals surface area contributed by atoms with Crippen molar-refractivity contribution in [2.75, 3.05) is 11.4 Å². The molecular weight excluding hydrogens is 314 g/mol. The lowest BCUT2D eigenvalue weighted by Crippen LogP contribution is -2.39. The molecule has 0 aromatic heterocycles. The number of rotatable bonds is 5. The van der Waals surface area contributed by atoms with Gasteiger partial charge < -0.3 is 10.6 Å². The minimum absolute atomic E-state index is 0.266. The Balaban J connectivity index is 1.61. The van der Waals surface area contributed by atoms with Crippen LogP contribution in [-0.4, -0.2) is 24.5 Å². The fraction of sp³-hybridized carbons (Fsp3) is 0.176. The molecule has 23 heavy (non-hydrogen) atoms. The molecule has 1 aliphatic rings. The van der Waals surface area contributed by atoms with Crippen LogP contribution in [0.1, 0.15) is 5.56 Å². The van der Waals surface area contributed by atoms with Gasteiger partial charge in [0.25, 0.3) is 5.91 Å². The van der Waals surface area contributed by atoms with Gasteiger partial charge in [-0.15, -0.1) is 0 Å². The molecule has 2 N–H and O–H groups in total. The minimum atomic E-state index is -0.568. The number of hydrogen-bond acceptors (Lipinski definition) is 3. The van der Waals surface area contributed by atoms with Gasteiger partial charge in [0.2, 0.25) is 0 Å². The zero-order valence-corrected chi connectivity index (χ0v) is 13.1. The maximum atomic E-state index is 12.4. The first-order valence-corrected chi connectivity index (χ1v) is 7.67. The Morgan fingerprint density at radius 2 is 1.74 bits per heavy atom. The Bertz CT molecular complexity index is 704. The van der Waals surface area contributed by atoms with Gasteiger partial charge in [-0.1, -0.05) is 41.9 Å². The summed E-state index contributed by atoms with van der Waals surface area (Å²) in [6.07, 6.45) is 0. The summed E-state index contributed by atoms with van der Waals surface area (Å²) in [6.45, 7) is 1.02. The van der Waals surface area contributed by atoms with Crippen molar-refractivity contribution in [2.24, 2.45) is 0 Å². The standard InChI is InChI=1S/C17H16ClN3O2/c18-13-6-8-14(9-7-13)21-16(22)15(20-17(21)23)11-19-10-12-4-2-1-3-5-12/h1-9,15,19H,10-11H2,(H,20,23). The number of nitrogens with one attached hydrogen (secondary N) is 2. The first kappa shape index (κ1) is 15.5. The van der Waals surface area contributed by atoms with Gasteiger partial charge in [-0.2, -0.15) is 0 Å². The lowest BCUT2D eigenvalue weighted by Gasteiger charge is -2.13. The van der Waals surface area contributed by atoms with Crippen LogP contribution < -0.4 is 15.5 Å². The lowest BCUT2D eigenvalue weighted by atomic mass is 10.2. The van der Waals surface area contributed by atoms with Crippen molar-refractivity contribution in [3.8, 4) is 0 Å². The molecule has 1 heterocycles. The van der Waals surface area contributed by atoms with Crippen LogP contribution in [0, 0.1) is 0 Å². The highest BCUT2D eigenvalue weighted by molar-refractivity contribution is 6.30. The summed E-state index contributed by atoms with van der Waals surface area (Å²) in [5, 5.41) is 6.44. The molecule has 118 valence electrons. The van der Waals surface area contributed by atoms with Gasteiger partial charge in [0, 0.05) is 18.1 Å². The summed E-state index contributed by atoms with van der Waals surface area (Å²) in [6, 6.07) is 15.5. The number of hydrogen-bond donors (Lipinski definition) is 2. The van der Waals surface area contributed by atoms with E-state index in [0.29, 0.717) is 23.8 Å². The predicted octanol–water partition coefficient (Wildman–Crippen LogP) is 2.55. The first-order valence-electron chi connectivity index (χ1n) is 7.30. The van der Waals surface area contributed by atoms with Gasteiger partial charge in [0.1, 0.15) is 6.04 Å². The van der Waals surface area contributed by atoms with Crippen LogP contribution in [0.3, 0.4) is 0 Å². The van der Waals surface area contributed by atoms with Crippen molar-refractivity contribution < 1.29 is 9.59 Å². The number of carbonyl (C=O) groups excluding carboxylic acids is 2. The van der Waals surface area contributed by atoms with E-state index in [9.17, 15) is 9.59 Å². The first-order chi connectivity index (χ1) is 11.1. The third-order valence-corrected chi connectivity index (χ3v) is 3.88. The molecular formula is C17H16ClN3O2. The average molecular weight is 330 g/mol. The molecule has 0 aliphatic carbocycles. The SMILES string of the molecule is O=C1NC(CNCc2ccccc2)C(=O)N1c1ccc(Cl)cc1. The summed E-state index contributed by atoms with van der Waals surface area (Å²) in [5.41, 5.74) is 1.64. The minimum Gasteiger partial charge on any atom is -0.324 e. The summed E-state index contributed by atoms with van der Waals surface area (Å²) in [5.74, 6) is -0.266. The largest absolute Gasteiger partial charge is 0.329 e. The van der Waals surface area contributed by atoms with Gasteiger partial charge >= 0.3 is 6.03 Å². The van der Waals surface area contributed by atoms with Crippen molar-refractivity contribution in [1.82, 2.24) is 10.6 Å². The number of imide groups is 1. The molecule has 1 fully saturated rings. The number of amides is 3. The second-order valence-electron chi connectivity index (χ2n) is 5.27. The molecule has 1 saturated heterocycles. The van der Waals surface area contributed by atoms with Crippen LogP contribution in [-0.2, 0) is 11.3 Å². The second-order valence-corrected chi connectivity index (χ2v) is 5.71. The van der Waals surface area contributed by atoms with Gasteiger partial charge in [0.15, 0.2) is 0 Å². The monoisotopic (exact) mass is 329 g/mol. The van der Waals surface area contributed by atoms with Crippen LogP contribution >= 0.6 is 11.6 Å². The summed E-state index contributed by atoms with van der Waals surface area (Å²) in [7, 11) is 0. The molecule has 1 unspecified atom stereocenters. The molecule has 2 aromatic rings. The van der Waals surface area contributed by atoms with E-state index in [1.807, 2.05) is 30.3 Å². The second kappa shape index (κ2) is 6.81. The maximum absolute atomic E-state index is 12.4. The fourth-order valence-electron chi connectivity index (χ4n) is 2.46. The van der Waals surface area contributed by atoms with E-state index in [2.05, 4.69) is 10.6 Å². The highest BCUT2D eigenvalue weighted by atomic mass is 35.5. The van der Waals surface area contributed by atoms with Crippen LogP contribution in [0.4, 0.5) is 10.5 Å². The third-order valence-electron chi connectivity index (χ3n) is 3.62. The predicted molar refractivity (Wildman–Crippen MR) is 89.4 cm³/mol. The Kier molecular flexibility index (Phi) is 4.60. The van der Waals surface area contributed by atoms with Crippen LogP contribution in [0.25, 0.3) is 0 Å². The third kappa shape index (κ3) is 3.52. The molecule has 5 nitrogen and oxygen atoms in total. The highest BCUT2D eigenvalue weighted by Crippen LogP contribution is 2.21. The Morgan fingerprint density at radius 3 is 2.43 bits per heavy atom.